The van der Waals surface area contributed by atoms with Gasteiger partial charge in [-0.3, -0.25) is 14.6 Å². The van der Waals surface area contributed by atoms with Crippen LogP contribution in [0.2, 0.25) is 0 Å². The molecule has 2 amide bonds. The molecule has 0 spiro atoms. The van der Waals surface area contributed by atoms with Crippen LogP contribution in [0.5, 0.6) is 5.75 Å². The second-order valence-electron chi connectivity index (χ2n) is 8.68. The van der Waals surface area contributed by atoms with Crippen LogP contribution in [0.1, 0.15) is 23.6 Å². The maximum absolute atomic E-state index is 13.8. The summed E-state index contributed by atoms with van der Waals surface area (Å²) in [6.45, 7) is 1.41. The van der Waals surface area contributed by atoms with Gasteiger partial charge in [0.05, 0.1) is 12.0 Å². The number of nitrogens with two attached hydrogens (primary N) is 2. The van der Waals surface area contributed by atoms with Crippen molar-refractivity contribution in [3.63, 3.8) is 0 Å². The van der Waals surface area contributed by atoms with E-state index in [0.717, 1.165) is 10.6 Å². The zero-order valence-corrected chi connectivity index (χ0v) is 22.4. The summed E-state index contributed by atoms with van der Waals surface area (Å²) < 4.78 is 32.1. The van der Waals surface area contributed by atoms with Gasteiger partial charge in [0.1, 0.15) is 11.8 Å². The number of nitrogens with one attached hydrogen (secondary N) is 1. The Morgan fingerprint density at radius 1 is 0.921 bits per heavy atom. The highest BCUT2D eigenvalue weighted by Gasteiger charge is 2.34. The predicted molar refractivity (Wildman–Crippen MR) is 145 cm³/mol. The van der Waals surface area contributed by atoms with Gasteiger partial charge in [-0.15, -0.1) is 4.83 Å². The highest BCUT2D eigenvalue weighted by Crippen LogP contribution is 2.22. The Balaban J connectivity index is 2.02. The first kappa shape index (κ1) is 28.8. The topological polar surface area (TPSA) is 148 Å². The number of hydrogen-bond donors (Lipinski definition) is 3. The minimum atomic E-state index is -4.28. The van der Waals surface area contributed by atoms with Crippen molar-refractivity contribution >= 4 is 27.5 Å². The molecule has 5 N–H and O–H groups in total. The van der Waals surface area contributed by atoms with Gasteiger partial charge in [0, 0.05) is 39.2 Å². The number of sulfonamides is 1. The molecule has 0 saturated carbocycles. The fraction of sp³-hybridized carbons (Fsp3) is 0.259. The van der Waals surface area contributed by atoms with Gasteiger partial charge < -0.3 is 21.1 Å². The quantitative estimate of drug-likeness (QED) is 0.315. The van der Waals surface area contributed by atoms with Gasteiger partial charge in [-0.05, 0) is 53.1 Å². The van der Waals surface area contributed by atoms with Crippen LogP contribution in [0, 0.1) is 0 Å². The van der Waals surface area contributed by atoms with Gasteiger partial charge in [-0.2, -0.15) is 0 Å². The predicted octanol–water partition coefficient (Wildman–Crippen LogP) is 1.93. The van der Waals surface area contributed by atoms with Gasteiger partial charge in [0.15, 0.2) is 0 Å². The van der Waals surface area contributed by atoms with Crippen LogP contribution in [0.3, 0.4) is 0 Å². The van der Waals surface area contributed by atoms with Crippen molar-refractivity contribution in [1.82, 2.24) is 9.84 Å². The smallest absolute Gasteiger partial charge is 0.257 e. The lowest BCUT2D eigenvalue weighted by atomic mass is 10.0. The summed E-state index contributed by atoms with van der Waals surface area (Å²) >= 11 is 0. The number of hydrazine groups is 1. The average molecular weight is 540 g/mol. The number of carbonyl (C=O) groups excluding carboxylic acids is 2. The minimum Gasteiger partial charge on any atom is -0.497 e. The zero-order valence-electron chi connectivity index (χ0n) is 21.6. The van der Waals surface area contributed by atoms with E-state index in [9.17, 15) is 18.0 Å². The molecular weight excluding hydrogens is 506 g/mol. The molecule has 1 atom stereocenters. The number of methoxy groups -OCH3 is 1. The van der Waals surface area contributed by atoms with Crippen molar-refractivity contribution in [1.29, 1.82) is 0 Å². The molecule has 0 aliphatic carbocycles. The van der Waals surface area contributed by atoms with E-state index in [1.54, 1.807) is 61.6 Å². The monoisotopic (exact) mass is 539 g/mol. The molecule has 0 radical (unpaired) electrons. The van der Waals surface area contributed by atoms with Gasteiger partial charge in [0.25, 0.3) is 15.9 Å². The van der Waals surface area contributed by atoms with Gasteiger partial charge >= 0.3 is 0 Å². The molecule has 0 aliphatic rings. The number of hydrogen-bond acceptors (Lipinski definition) is 7. The van der Waals surface area contributed by atoms with Crippen LogP contribution >= 0.6 is 0 Å². The summed E-state index contributed by atoms with van der Waals surface area (Å²) in [5.41, 5.74) is 13.9. The number of anilines is 1. The van der Waals surface area contributed by atoms with Crippen LogP contribution in [0.15, 0.2) is 77.7 Å². The number of amides is 2. The second-order valence-corrected chi connectivity index (χ2v) is 10.3. The van der Waals surface area contributed by atoms with Crippen LogP contribution in [0.4, 0.5) is 5.69 Å². The normalized spacial score (nSPS) is 12.0. The molecule has 3 aromatic rings. The molecule has 0 aliphatic heterocycles. The van der Waals surface area contributed by atoms with Gasteiger partial charge in [0.2, 0.25) is 5.91 Å². The number of benzene rings is 3. The summed E-state index contributed by atoms with van der Waals surface area (Å²) in [7, 11) is -1.18. The third-order valence-corrected chi connectivity index (χ3v) is 7.32. The van der Waals surface area contributed by atoms with E-state index >= 15 is 0 Å². The Morgan fingerprint density at radius 3 is 2.00 bits per heavy atom. The minimum absolute atomic E-state index is 0.0686. The first-order valence-corrected chi connectivity index (χ1v) is 13.4. The molecule has 0 saturated heterocycles. The number of ether oxygens (including phenoxy) is 1. The van der Waals surface area contributed by atoms with Crippen LogP contribution in [-0.4, -0.2) is 45.4 Å². The molecule has 0 heterocycles. The standard InChI is InChI=1S/C27H33N5O5S/c1-19(33)32(30-38(35,36)25-14-21(17-28)13-22(15-25)18-29)26(16-20-7-5-4-6-8-20)27(34)31(2)23-9-11-24(37-3)12-10-23/h4-15,26,30H,16-18,28-29H2,1-3H3/t26-/m0/s1. The molecule has 0 unspecified atom stereocenters. The molecule has 0 bridgehead atoms. The molecule has 10 nitrogen and oxygen atoms in total. The van der Waals surface area contributed by atoms with E-state index in [4.69, 9.17) is 16.2 Å². The lowest BCUT2D eigenvalue weighted by Crippen LogP contribution is -2.57. The Kier molecular flexibility index (Phi) is 9.59. The highest BCUT2D eigenvalue weighted by molar-refractivity contribution is 7.89. The zero-order chi connectivity index (χ0) is 27.9. The fourth-order valence-electron chi connectivity index (χ4n) is 3.93. The third kappa shape index (κ3) is 6.95. The van der Waals surface area contributed by atoms with Crippen molar-refractivity contribution in [3.8, 4) is 5.75 Å². The largest absolute Gasteiger partial charge is 0.497 e. The third-order valence-electron chi connectivity index (χ3n) is 6.02. The average Bonchev–Trinajstić information content (AvgIpc) is 2.94. The molecule has 0 fully saturated rings. The maximum Gasteiger partial charge on any atom is 0.257 e. The van der Waals surface area contributed by atoms with E-state index in [-0.39, 0.29) is 24.4 Å². The molecule has 3 aromatic carbocycles. The lowest BCUT2D eigenvalue weighted by molar-refractivity contribution is -0.139. The lowest BCUT2D eigenvalue weighted by Gasteiger charge is -2.33. The number of nitrogens with zero attached hydrogens (tertiary/aromatic N) is 2. The fourth-order valence-corrected chi connectivity index (χ4v) is 5.17. The van der Waals surface area contributed by atoms with Crippen molar-refractivity contribution in [3.05, 3.63) is 89.5 Å². The summed E-state index contributed by atoms with van der Waals surface area (Å²) in [6, 6.07) is 19.2. The molecule has 202 valence electrons. The molecule has 11 heteroatoms. The molecular formula is C27H33N5O5S. The van der Waals surface area contributed by atoms with E-state index in [1.165, 1.54) is 31.1 Å². The SMILES string of the molecule is COc1ccc(N(C)C(=O)[C@H](Cc2ccccc2)N(NS(=O)(=O)c2cc(CN)cc(CN)c2)C(C)=O)cc1. The summed E-state index contributed by atoms with van der Waals surface area (Å²) in [6.07, 6.45) is 0.0686. The van der Waals surface area contributed by atoms with Crippen molar-refractivity contribution in [2.45, 2.75) is 37.4 Å². The van der Waals surface area contributed by atoms with Crippen LogP contribution < -0.4 is 25.9 Å². The summed E-state index contributed by atoms with van der Waals surface area (Å²) in [5, 5.41) is 0.863. The number of carbonyl (C=O) groups is 2. The molecule has 0 aromatic heterocycles. The highest BCUT2D eigenvalue weighted by atomic mass is 32.2. The second kappa shape index (κ2) is 12.7. The first-order valence-electron chi connectivity index (χ1n) is 11.9. The van der Waals surface area contributed by atoms with E-state index < -0.39 is 27.9 Å². The van der Waals surface area contributed by atoms with Crippen molar-refractivity contribution < 1.29 is 22.7 Å². The summed E-state index contributed by atoms with van der Waals surface area (Å²) in [4.78, 5) is 30.3. The maximum atomic E-state index is 13.8. The first-order chi connectivity index (χ1) is 18.1. The molecule has 38 heavy (non-hydrogen) atoms. The van der Waals surface area contributed by atoms with Crippen molar-refractivity contribution in [2.24, 2.45) is 11.5 Å². The van der Waals surface area contributed by atoms with E-state index in [1.807, 2.05) is 6.07 Å². The van der Waals surface area contributed by atoms with Gasteiger partial charge in [-0.25, -0.2) is 8.42 Å². The Bertz CT molecular complexity index is 1340. The molecule has 3 rings (SSSR count). The number of likely N-dealkylation sites (N-methyl/N-ethyl adjacent to an activating group) is 1. The van der Waals surface area contributed by atoms with Gasteiger partial charge in [-0.1, -0.05) is 36.4 Å². The Morgan fingerprint density at radius 2 is 1.50 bits per heavy atom. The Labute approximate surface area is 223 Å². The Hall–Kier alpha value is -3.77. The number of rotatable bonds is 11. The van der Waals surface area contributed by atoms with E-state index in [0.29, 0.717) is 22.6 Å². The summed E-state index contributed by atoms with van der Waals surface area (Å²) in [5.74, 6) is -0.527. The van der Waals surface area contributed by atoms with E-state index in [2.05, 4.69) is 4.83 Å². The van der Waals surface area contributed by atoms with Crippen LogP contribution in [-0.2, 0) is 39.1 Å². The van der Waals surface area contributed by atoms with Crippen LogP contribution in [0.25, 0.3) is 0 Å². The van der Waals surface area contributed by atoms with Crippen molar-refractivity contribution in [2.75, 3.05) is 19.1 Å².